The minimum Gasteiger partial charge on any atom is -0.345 e. The van der Waals surface area contributed by atoms with Crippen LogP contribution >= 0.6 is 0 Å². The summed E-state index contributed by atoms with van der Waals surface area (Å²) >= 11 is 0. The smallest absolute Gasteiger partial charge is 0.277 e. The van der Waals surface area contributed by atoms with Crippen molar-refractivity contribution in [3.05, 3.63) is 52.0 Å². The second-order valence-electron chi connectivity index (χ2n) is 4.02. The van der Waals surface area contributed by atoms with E-state index in [0.717, 1.165) is 0 Å². The average molecular weight is 290 g/mol. The van der Waals surface area contributed by atoms with Crippen LogP contribution in [-0.4, -0.2) is 9.91 Å². The lowest BCUT2D eigenvalue weighted by Crippen LogP contribution is -2.02. The molecular weight excluding hydrogens is 284 g/mol. The molecule has 104 valence electrons. The molecule has 2 rings (SSSR count). The number of hydrogen-bond donors (Lipinski definition) is 1. The lowest BCUT2D eigenvalue weighted by Gasteiger charge is -2.08. The number of nitrogens with zero attached hydrogens (tertiary/aromatic N) is 5. The summed E-state index contributed by atoms with van der Waals surface area (Å²) in [5.74, 6) is 0. The number of fused-ring (bicyclic) bond motifs is 1. The van der Waals surface area contributed by atoms with E-state index >= 15 is 0 Å². The van der Waals surface area contributed by atoms with Gasteiger partial charge in [-0.25, -0.2) is 0 Å². The summed E-state index contributed by atoms with van der Waals surface area (Å²) in [6, 6.07) is 9.09. The summed E-state index contributed by atoms with van der Waals surface area (Å²) in [7, 11) is 0. The van der Waals surface area contributed by atoms with E-state index in [-0.39, 0.29) is 17.0 Å². The lowest BCUT2D eigenvalue weighted by molar-refractivity contribution is -0.383. The number of nitriles is 3. The maximum Gasteiger partial charge on any atom is 0.277 e. The molecule has 0 atom stereocenters. The molecule has 8 nitrogen and oxygen atoms in total. The van der Waals surface area contributed by atoms with Gasteiger partial charge >= 0.3 is 0 Å². The number of nitro benzene ring substituents is 1. The van der Waals surface area contributed by atoms with Crippen LogP contribution in [0.2, 0.25) is 0 Å². The topological polar surface area (TPSA) is 139 Å². The molecule has 0 amide bonds. The number of anilines is 1. The Labute approximate surface area is 124 Å². The van der Waals surface area contributed by atoms with E-state index in [1.165, 1.54) is 30.6 Å². The highest BCUT2D eigenvalue weighted by Gasteiger charge is 2.15. The number of non-ortho nitro benzene ring substituents is 1. The van der Waals surface area contributed by atoms with Gasteiger partial charge in [0.05, 0.1) is 10.3 Å². The minimum atomic E-state index is -0.525. The third-order valence-corrected chi connectivity index (χ3v) is 2.84. The molecule has 0 aliphatic heterocycles. The lowest BCUT2D eigenvalue weighted by atomic mass is 10.1. The molecule has 0 bridgehead atoms. The summed E-state index contributed by atoms with van der Waals surface area (Å²) in [6.45, 7) is 0. The van der Waals surface area contributed by atoms with Crippen LogP contribution in [-0.2, 0) is 0 Å². The maximum absolute atomic E-state index is 11.0. The summed E-state index contributed by atoms with van der Waals surface area (Å²) in [5.41, 5.74) is -0.374. The Bertz CT molecular complexity index is 911. The number of benzene rings is 1. The number of nitrogens with one attached hydrogen (secondary N) is 1. The Kier molecular flexibility index (Phi) is 3.94. The Balaban J connectivity index is 2.65. The molecule has 22 heavy (non-hydrogen) atoms. The molecule has 0 spiro atoms. The first-order valence-corrected chi connectivity index (χ1v) is 5.85. The molecule has 2 aromatic rings. The highest BCUT2D eigenvalue weighted by molar-refractivity contribution is 5.99. The molecule has 1 N–H and O–H groups in total. The van der Waals surface area contributed by atoms with E-state index in [1.807, 2.05) is 0 Å². The van der Waals surface area contributed by atoms with Gasteiger partial charge in [-0.3, -0.25) is 15.1 Å². The van der Waals surface area contributed by atoms with Crippen molar-refractivity contribution in [1.29, 1.82) is 15.8 Å². The molecule has 0 aliphatic carbocycles. The monoisotopic (exact) mass is 290 g/mol. The van der Waals surface area contributed by atoms with Gasteiger partial charge in [-0.2, -0.15) is 15.8 Å². The number of aromatic nitrogens is 1. The number of nitro groups is 1. The first-order valence-electron chi connectivity index (χ1n) is 5.85. The van der Waals surface area contributed by atoms with E-state index < -0.39 is 4.92 Å². The molecule has 0 aliphatic rings. The third kappa shape index (κ3) is 2.51. The van der Waals surface area contributed by atoms with Crippen LogP contribution in [0.5, 0.6) is 0 Å². The molecule has 8 heteroatoms. The zero-order valence-corrected chi connectivity index (χ0v) is 10.9. The number of pyridine rings is 1. The number of allylic oxidation sites excluding steroid dienone is 2. The van der Waals surface area contributed by atoms with E-state index in [9.17, 15) is 10.1 Å². The van der Waals surface area contributed by atoms with Gasteiger partial charge in [0, 0.05) is 29.5 Å². The molecule has 0 saturated carbocycles. The molecule has 1 aromatic heterocycles. The van der Waals surface area contributed by atoms with Crippen molar-refractivity contribution in [2.75, 3.05) is 5.32 Å². The first kappa shape index (κ1) is 14.4. The quantitative estimate of drug-likeness (QED) is 0.519. The van der Waals surface area contributed by atoms with Crippen molar-refractivity contribution in [1.82, 2.24) is 4.98 Å². The van der Waals surface area contributed by atoms with Crippen LogP contribution < -0.4 is 5.32 Å². The van der Waals surface area contributed by atoms with Crippen molar-refractivity contribution in [3.8, 4) is 18.2 Å². The summed E-state index contributed by atoms with van der Waals surface area (Å²) in [4.78, 5) is 14.4. The molecular formula is C14H6N6O2. The fraction of sp³-hybridized carbons (Fsp3) is 0. The number of rotatable bonds is 3. The normalized spacial score (nSPS) is 9.14. The van der Waals surface area contributed by atoms with E-state index in [4.69, 9.17) is 15.8 Å². The molecule has 1 aromatic carbocycles. The van der Waals surface area contributed by atoms with Crippen LogP contribution in [0, 0.1) is 44.1 Å². The van der Waals surface area contributed by atoms with Crippen molar-refractivity contribution in [2.24, 2.45) is 0 Å². The Morgan fingerprint density at radius 2 is 1.86 bits per heavy atom. The Morgan fingerprint density at radius 1 is 1.14 bits per heavy atom. The van der Waals surface area contributed by atoms with Crippen molar-refractivity contribution < 1.29 is 4.92 Å². The van der Waals surface area contributed by atoms with Gasteiger partial charge in [0.1, 0.15) is 23.9 Å². The highest BCUT2D eigenvalue weighted by Crippen LogP contribution is 2.31. The van der Waals surface area contributed by atoms with Gasteiger partial charge in [-0.1, -0.05) is 0 Å². The fourth-order valence-corrected chi connectivity index (χ4v) is 1.86. The van der Waals surface area contributed by atoms with E-state index in [2.05, 4.69) is 10.3 Å². The van der Waals surface area contributed by atoms with Crippen LogP contribution in [0.25, 0.3) is 10.8 Å². The van der Waals surface area contributed by atoms with Gasteiger partial charge in [0.25, 0.3) is 5.69 Å². The predicted octanol–water partition coefficient (Wildman–Crippen LogP) is 2.38. The van der Waals surface area contributed by atoms with Gasteiger partial charge in [-0.15, -0.1) is 0 Å². The molecule has 0 unspecified atom stereocenters. The zero-order chi connectivity index (χ0) is 16.1. The van der Waals surface area contributed by atoms with E-state index in [0.29, 0.717) is 16.5 Å². The molecule has 0 fully saturated rings. The molecule has 0 saturated heterocycles. The minimum absolute atomic E-state index is 0.105. The van der Waals surface area contributed by atoms with Crippen LogP contribution in [0.3, 0.4) is 0 Å². The summed E-state index contributed by atoms with van der Waals surface area (Å²) in [5, 5.41) is 41.1. The van der Waals surface area contributed by atoms with Crippen LogP contribution in [0.4, 0.5) is 11.4 Å². The Morgan fingerprint density at radius 3 is 2.45 bits per heavy atom. The van der Waals surface area contributed by atoms with Crippen molar-refractivity contribution in [3.63, 3.8) is 0 Å². The van der Waals surface area contributed by atoms with Gasteiger partial charge in [0.2, 0.25) is 0 Å². The fourth-order valence-electron chi connectivity index (χ4n) is 1.86. The second-order valence-corrected chi connectivity index (χ2v) is 4.02. The van der Waals surface area contributed by atoms with E-state index in [1.54, 1.807) is 18.2 Å². The Hall–Kier alpha value is -3.96. The van der Waals surface area contributed by atoms with Gasteiger partial charge < -0.3 is 5.32 Å². The molecule has 0 radical (unpaired) electrons. The average Bonchev–Trinajstić information content (AvgIpc) is 2.54. The van der Waals surface area contributed by atoms with Crippen LogP contribution in [0.1, 0.15) is 0 Å². The second kappa shape index (κ2) is 6.00. The van der Waals surface area contributed by atoms with Crippen molar-refractivity contribution >= 4 is 22.1 Å². The SMILES string of the molecule is N#CC(C#N)=C(C#N)Nc1ccc([N+](=O)[O-])c2ccncc12. The summed E-state index contributed by atoms with van der Waals surface area (Å²) < 4.78 is 0. The standard InChI is InChI=1S/C14H6N6O2/c15-5-9(6-16)13(7-17)19-12-1-2-14(20(21)22)10-3-4-18-8-11(10)12/h1-4,8,19H. The first-order chi connectivity index (χ1) is 10.6. The number of hydrogen-bond acceptors (Lipinski definition) is 7. The van der Waals surface area contributed by atoms with Crippen LogP contribution in [0.15, 0.2) is 41.9 Å². The zero-order valence-electron chi connectivity index (χ0n) is 10.9. The maximum atomic E-state index is 11.0. The summed E-state index contributed by atoms with van der Waals surface area (Å²) in [6.07, 6.45) is 2.81. The third-order valence-electron chi connectivity index (χ3n) is 2.84. The largest absolute Gasteiger partial charge is 0.345 e. The van der Waals surface area contributed by atoms with Crippen molar-refractivity contribution in [2.45, 2.75) is 0 Å². The highest BCUT2D eigenvalue weighted by atomic mass is 16.6. The molecule has 1 heterocycles. The van der Waals surface area contributed by atoms with Gasteiger partial charge in [-0.05, 0) is 12.1 Å². The predicted molar refractivity (Wildman–Crippen MR) is 75.9 cm³/mol. The van der Waals surface area contributed by atoms with Gasteiger partial charge in [0.15, 0.2) is 5.57 Å².